The molecular weight excluding hydrogens is 292 g/mol. The van der Waals surface area contributed by atoms with Gasteiger partial charge in [-0.3, -0.25) is 9.59 Å². The first-order valence-corrected chi connectivity index (χ1v) is 7.24. The van der Waals surface area contributed by atoms with E-state index >= 15 is 0 Å². The van der Waals surface area contributed by atoms with Gasteiger partial charge in [-0.15, -0.1) is 10.2 Å². The summed E-state index contributed by atoms with van der Waals surface area (Å²) in [6, 6.07) is 9.81. The van der Waals surface area contributed by atoms with E-state index in [1.165, 1.54) is 18.5 Å². The summed E-state index contributed by atoms with van der Waals surface area (Å²) in [7, 11) is 0. The first-order valence-electron chi connectivity index (χ1n) is 7.24. The molecule has 0 unspecified atom stereocenters. The largest absolute Gasteiger partial charge is 0.300 e. The second-order valence-electron chi connectivity index (χ2n) is 5.14. The van der Waals surface area contributed by atoms with Crippen LogP contribution in [0.15, 0.2) is 41.5 Å². The number of aromatic nitrogens is 3. The lowest BCUT2D eigenvalue weighted by molar-refractivity contribution is -0.117. The van der Waals surface area contributed by atoms with Gasteiger partial charge in [0.05, 0.1) is 12.8 Å². The van der Waals surface area contributed by atoms with Crippen molar-refractivity contribution in [2.45, 2.75) is 26.7 Å². The number of hydrogen-bond acceptors (Lipinski definition) is 5. The number of carbonyl (C=O) groups is 2. The first kappa shape index (κ1) is 16.5. The Morgan fingerprint density at radius 1 is 1.04 bits per heavy atom. The van der Waals surface area contributed by atoms with Gasteiger partial charge in [-0.25, -0.2) is 4.68 Å². The lowest BCUT2D eigenvalue weighted by Gasteiger charge is -2.01. The van der Waals surface area contributed by atoms with E-state index < -0.39 is 0 Å². The molecule has 2 aromatic rings. The van der Waals surface area contributed by atoms with Crippen LogP contribution in [0, 0.1) is 0 Å². The van der Waals surface area contributed by atoms with Crippen LogP contribution in [0.2, 0.25) is 0 Å². The molecule has 0 radical (unpaired) electrons. The maximum absolute atomic E-state index is 11.3. The number of hydrogen-bond donors (Lipinski definition) is 0. The molecule has 118 valence electrons. The fourth-order valence-corrected chi connectivity index (χ4v) is 1.97. The monoisotopic (exact) mass is 310 g/mol. The zero-order chi connectivity index (χ0) is 16.7. The Bertz CT molecular complexity index is 712. The molecule has 0 fully saturated rings. The first-order chi connectivity index (χ1) is 11.1. The molecule has 1 aromatic heterocycles. The molecule has 0 aliphatic carbocycles. The number of rotatable bonds is 7. The van der Waals surface area contributed by atoms with Gasteiger partial charge < -0.3 is 0 Å². The summed E-state index contributed by atoms with van der Waals surface area (Å²) >= 11 is 0. The summed E-state index contributed by atoms with van der Waals surface area (Å²) in [6.07, 6.45) is 5.53. The van der Waals surface area contributed by atoms with Crippen molar-refractivity contribution in [2.24, 2.45) is 5.10 Å². The van der Waals surface area contributed by atoms with Crippen LogP contribution < -0.4 is 0 Å². The third kappa shape index (κ3) is 5.10. The zero-order valence-electron chi connectivity index (χ0n) is 13.1. The number of Topliss-reactive ketones (excluding diaryl/α,β-unsaturated/α-hetero) is 2. The molecule has 1 aromatic carbocycles. The molecule has 6 nitrogen and oxygen atoms in total. The van der Waals surface area contributed by atoms with Gasteiger partial charge in [0.2, 0.25) is 0 Å². The standard InChI is InChI=1S/C17H18N4O2/c1-13(22)11-16-19-20-17(12-14(2)23)21(16)18-10-6-9-15-7-4-3-5-8-15/h3-10H,11-12H2,1-2H3. The van der Waals surface area contributed by atoms with Crippen molar-refractivity contribution in [3.8, 4) is 0 Å². The topological polar surface area (TPSA) is 77.2 Å². The van der Waals surface area contributed by atoms with Gasteiger partial charge >= 0.3 is 0 Å². The maximum Gasteiger partial charge on any atom is 0.161 e. The SMILES string of the molecule is CC(=O)Cc1nnc(CC(C)=O)n1N=CC=Cc1ccccc1. The molecule has 1 heterocycles. The minimum absolute atomic E-state index is 0.0388. The highest BCUT2D eigenvalue weighted by Gasteiger charge is 2.14. The molecule has 0 amide bonds. The lowest BCUT2D eigenvalue weighted by atomic mass is 10.2. The Kier molecular flexibility index (Phi) is 5.68. The molecule has 0 saturated carbocycles. The van der Waals surface area contributed by atoms with Gasteiger partial charge in [-0.2, -0.15) is 5.10 Å². The number of allylic oxidation sites excluding steroid dienone is 1. The van der Waals surface area contributed by atoms with Gasteiger partial charge in [0.1, 0.15) is 11.6 Å². The van der Waals surface area contributed by atoms with Crippen molar-refractivity contribution < 1.29 is 9.59 Å². The van der Waals surface area contributed by atoms with Gasteiger partial charge in [-0.05, 0) is 25.5 Å². The van der Waals surface area contributed by atoms with E-state index in [1.807, 2.05) is 36.4 Å². The maximum atomic E-state index is 11.3. The zero-order valence-corrected chi connectivity index (χ0v) is 13.1. The third-order valence-corrected chi connectivity index (χ3v) is 2.94. The fourth-order valence-electron chi connectivity index (χ4n) is 1.97. The number of ketones is 2. The van der Waals surface area contributed by atoms with Crippen molar-refractivity contribution in [1.82, 2.24) is 14.9 Å². The van der Waals surface area contributed by atoms with Crippen LogP contribution in [-0.2, 0) is 22.4 Å². The quantitative estimate of drug-likeness (QED) is 0.734. The van der Waals surface area contributed by atoms with Gasteiger partial charge in [0.15, 0.2) is 11.6 Å². The highest BCUT2D eigenvalue weighted by atomic mass is 16.1. The molecule has 0 aliphatic heterocycles. The van der Waals surface area contributed by atoms with Crippen molar-refractivity contribution in [1.29, 1.82) is 0 Å². The highest BCUT2D eigenvalue weighted by Crippen LogP contribution is 2.05. The Hall–Kier alpha value is -2.89. The van der Waals surface area contributed by atoms with Crippen LogP contribution in [0.1, 0.15) is 31.1 Å². The number of benzene rings is 1. The van der Waals surface area contributed by atoms with E-state index in [1.54, 1.807) is 12.3 Å². The minimum Gasteiger partial charge on any atom is -0.300 e. The Labute approximate surface area is 134 Å². The van der Waals surface area contributed by atoms with Crippen LogP contribution in [0.3, 0.4) is 0 Å². The van der Waals surface area contributed by atoms with E-state index in [2.05, 4.69) is 15.3 Å². The predicted molar refractivity (Wildman–Crippen MR) is 88.2 cm³/mol. The van der Waals surface area contributed by atoms with Gasteiger partial charge in [-0.1, -0.05) is 36.4 Å². The van der Waals surface area contributed by atoms with E-state index in [0.717, 1.165) is 5.56 Å². The smallest absolute Gasteiger partial charge is 0.161 e. The number of nitrogens with zero attached hydrogens (tertiary/aromatic N) is 4. The summed E-state index contributed by atoms with van der Waals surface area (Å²) in [5.41, 5.74) is 1.05. The summed E-state index contributed by atoms with van der Waals surface area (Å²) < 4.78 is 1.46. The molecule has 23 heavy (non-hydrogen) atoms. The third-order valence-electron chi connectivity index (χ3n) is 2.94. The second kappa shape index (κ2) is 7.93. The van der Waals surface area contributed by atoms with Crippen molar-refractivity contribution >= 4 is 23.9 Å². The average Bonchev–Trinajstić information content (AvgIpc) is 2.85. The molecule has 0 bridgehead atoms. The molecule has 0 saturated heterocycles. The van der Waals surface area contributed by atoms with Crippen LogP contribution in [0.4, 0.5) is 0 Å². The van der Waals surface area contributed by atoms with E-state index in [9.17, 15) is 9.59 Å². The average molecular weight is 310 g/mol. The Morgan fingerprint density at radius 3 is 2.13 bits per heavy atom. The highest BCUT2D eigenvalue weighted by molar-refractivity contribution is 5.79. The second-order valence-corrected chi connectivity index (χ2v) is 5.14. The Morgan fingerprint density at radius 2 is 1.61 bits per heavy atom. The predicted octanol–water partition coefficient (Wildman–Crippen LogP) is 2.09. The lowest BCUT2D eigenvalue weighted by Crippen LogP contribution is -2.09. The summed E-state index contributed by atoms with van der Waals surface area (Å²) in [6.45, 7) is 2.95. The van der Waals surface area contributed by atoms with Gasteiger partial charge in [0.25, 0.3) is 0 Å². The molecule has 0 spiro atoms. The molecular formula is C17H18N4O2. The van der Waals surface area contributed by atoms with Crippen LogP contribution in [-0.4, -0.2) is 32.7 Å². The summed E-state index contributed by atoms with van der Waals surface area (Å²) in [5, 5.41) is 12.2. The molecule has 0 atom stereocenters. The van der Waals surface area contributed by atoms with Gasteiger partial charge in [0, 0.05) is 6.21 Å². The number of carbonyl (C=O) groups excluding carboxylic acids is 2. The summed E-state index contributed by atoms with van der Waals surface area (Å²) in [5.74, 6) is 0.780. The van der Waals surface area contributed by atoms with Crippen LogP contribution in [0.5, 0.6) is 0 Å². The van der Waals surface area contributed by atoms with Crippen molar-refractivity contribution in [2.75, 3.05) is 0 Å². The van der Waals surface area contributed by atoms with Crippen molar-refractivity contribution in [3.63, 3.8) is 0 Å². The van der Waals surface area contributed by atoms with E-state index in [0.29, 0.717) is 11.6 Å². The van der Waals surface area contributed by atoms with Crippen LogP contribution >= 0.6 is 0 Å². The fraction of sp³-hybridized carbons (Fsp3) is 0.235. The molecule has 0 N–H and O–H groups in total. The van der Waals surface area contributed by atoms with Crippen LogP contribution in [0.25, 0.3) is 6.08 Å². The van der Waals surface area contributed by atoms with Crippen molar-refractivity contribution in [3.05, 3.63) is 53.6 Å². The van der Waals surface area contributed by atoms with E-state index in [4.69, 9.17) is 0 Å². The molecule has 0 aliphatic rings. The minimum atomic E-state index is -0.0388. The Balaban J connectivity index is 2.20. The summed E-state index contributed by atoms with van der Waals surface area (Å²) in [4.78, 5) is 22.6. The molecule has 6 heteroatoms. The van der Waals surface area contributed by atoms with E-state index in [-0.39, 0.29) is 24.4 Å². The molecule has 2 rings (SSSR count). The normalized spacial score (nSPS) is 11.4.